The van der Waals surface area contributed by atoms with E-state index in [1.165, 1.54) is 23.3 Å². The van der Waals surface area contributed by atoms with E-state index in [2.05, 4.69) is 10.6 Å². The molecule has 4 aromatic rings. The molecule has 0 radical (unpaired) electrons. The summed E-state index contributed by atoms with van der Waals surface area (Å²) in [7, 11) is 0. The minimum absolute atomic E-state index is 0.160. The van der Waals surface area contributed by atoms with E-state index in [1.807, 2.05) is 30.3 Å². The van der Waals surface area contributed by atoms with Crippen molar-refractivity contribution in [1.82, 2.24) is 10.2 Å². The molecule has 0 aliphatic carbocycles. The number of halogens is 1. The number of hydrogen-bond donors (Lipinski definition) is 2. The van der Waals surface area contributed by atoms with Crippen LogP contribution in [0.2, 0.25) is 0 Å². The molecule has 0 saturated carbocycles. The number of benzene rings is 3. The first kappa shape index (κ1) is 24.8. The van der Waals surface area contributed by atoms with Gasteiger partial charge in [-0.25, -0.2) is 9.18 Å². The molecule has 1 saturated heterocycles. The molecule has 192 valence electrons. The SMILES string of the molecule is O=C(Nc1ccc(C2OC(=O)N(Cc3ccccc3)C2C(=O)NCc2ccc(F)cc2)cc1)c1ccco1. The van der Waals surface area contributed by atoms with Crippen molar-refractivity contribution in [3.8, 4) is 0 Å². The summed E-state index contributed by atoms with van der Waals surface area (Å²) in [5.41, 5.74) is 2.66. The van der Waals surface area contributed by atoms with Gasteiger partial charge in [0.1, 0.15) is 5.82 Å². The number of carbonyl (C=O) groups is 3. The summed E-state index contributed by atoms with van der Waals surface area (Å²) in [5, 5.41) is 5.58. The fraction of sp³-hybridized carbons (Fsp3) is 0.138. The van der Waals surface area contributed by atoms with Crippen LogP contribution < -0.4 is 10.6 Å². The van der Waals surface area contributed by atoms with Crippen LogP contribution in [0.4, 0.5) is 14.9 Å². The van der Waals surface area contributed by atoms with Gasteiger partial charge in [-0.05, 0) is 53.1 Å². The van der Waals surface area contributed by atoms with Crippen molar-refractivity contribution in [3.05, 3.63) is 126 Å². The second-order valence-electron chi connectivity index (χ2n) is 8.76. The molecule has 2 unspecified atom stereocenters. The van der Waals surface area contributed by atoms with Crippen molar-refractivity contribution in [2.75, 3.05) is 5.32 Å². The molecule has 0 spiro atoms. The minimum Gasteiger partial charge on any atom is -0.459 e. The highest BCUT2D eigenvalue weighted by molar-refractivity contribution is 6.02. The molecule has 38 heavy (non-hydrogen) atoms. The third-order valence-electron chi connectivity index (χ3n) is 6.17. The van der Waals surface area contributed by atoms with E-state index in [0.717, 1.165) is 5.56 Å². The molecule has 5 rings (SSSR count). The van der Waals surface area contributed by atoms with Crippen LogP contribution in [-0.4, -0.2) is 28.8 Å². The van der Waals surface area contributed by atoms with Crippen LogP contribution in [0.5, 0.6) is 0 Å². The van der Waals surface area contributed by atoms with Gasteiger partial charge < -0.3 is 19.8 Å². The normalized spacial score (nSPS) is 16.7. The second-order valence-corrected chi connectivity index (χ2v) is 8.76. The molecule has 8 nitrogen and oxygen atoms in total. The van der Waals surface area contributed by atoms with E-state index >= 15 is 0 Å². The number of rotatable bonds is 8. The molecule has 9 heteroatoms. The van der Waals surface area contributed by atoms with Gasteiger partial charge in [0.15, 0.2) is 17.9 Å². The summed E-state index contributed by atoms with van der Waals surface area (Å²) in [6.07, 6.45) is -0.0835. The first-order valence-corrected chi connectivity index (χ1v) is 12.0. The monoisotopic (exact) mass is 513 g/mol. The lowest BCUT2D eigenvalue weighted by atomic mass is 10.00. The molecular weight excluding hydrogens is 489 g/mol. The minimum atomic E-state index is -0.952. The standard InChI is InChI=1S/C29H24FN3O5/c30-22-12-8-19(9-13-22)17-31-28(35)25-26(38-29(36)33(25)18-20-5-2-1-3-6-20)21-10-14-23(15-11-21)32-27(34)24-7-4-16-37-24/h1-16,25-26H,17-18H2,(H,31,35)(H,32,34). The summed E-state index contributed by atoms with van der Waals surface area (Å²) in [6.45, 7) is 0.343. The van der Waals surface area contributed by atoms with E-state index in [4.69, 9.17) is 9.15 Å². The highest BCUT2D eigenvalue weighted by atomic mass is 19.1. The van der Waals surface area contributed by atoms with Crippen molar-refractivity contribution in [1.29, 1.82) is 0 Å². The molecule has 3 aromatic carbocycles. The van der Waals surface area contributed by atoms with Crippen molar-refractivity contribution >= 4 is 23.6 Å². The number of nitrogens with zero attached hydrogens (tertiary/aromatic N) is 1. The average molecular weight is 514 g/mol. The van der Waals surface area contributed by atoms with E-state index in [9.17, 15) is 18.8 Å². The van der Waals surface area contributed by atoms with E-state index in [-0.39, 0.29) is 24.7 Å². The second kappa shape index (κ2) is 11.0. The molecule has 2 N–H and O–H groups in total. The quantitative estimate of drug-likeness (QED) is 0.343. The first-order valence-electron chi connectivity index (χ1n) is 12.0. The number of amides is 3. The highest BCUT2D eigenvalue weighted by Gasteiger charge is 2.46. The zero-order valence-corrected chi connectivity index (χ0v) is 20.2. The molecule has 2 heterocycles. The van der Waals surface area contributed by atoms with Crippen molar-refractivity contribution in [3.63, 3.8) is 0 Å². The van der Waals surface area contributed by atoms with Crippen LogP contribution in [0.1, 0.15) is 33.3 Å². The number of carbonyl (C=O) groups excluding carboxylic acids is 3. The Hall–Kier alpha value is -4.92. The molecule has 3 amide bonds. The molecule has 2 atom stereocenters. The van der Waals surface area contributed by atoms with E-state index < -0.39 is 30.1 Å². The Bertz CT molecular complexity index is 1410. The van der Waals surface area contributed by atoms with Gasteiger partial charge >= 0.3 is 6.09 Å². The Kier molecular flexibility index (Phi) is 7.17. The van der Waals surface area contributed by atoms with Crippen LogP contribution in [0.3, 0.4) is 0 Å². The van der Waals surface area contributed by atoms with Crippen molar-refractivity contribution in [2.24, 2.45) is 0 Å². The predicted molar refractivity (Wildman–Crippen MR) is 136 cm³/mol. The lowest BCUT2D eigenvalue weighted by Crippen LogP contribution is -2.46. The van der Waals surface area contributed by atoms with Gasteiger partial charge in [0.05, 0.1) is 12.8 Å². The Balaban J connectivity index is 1.36. The number of furan rings is 1. The number of ether oxygens (including phenoxy) is 1. The van der Waals surface area contributed by atoms with Gasteiger partial charge in [-0.1, -0.05) is 54.6 Å². The Morgan fingerprint density at radius 1 is 0.868 bits per heavy atom. The third kappa shape index (κ3) is 5.57. The summed E-state index contributed by atoms with van der Waals surface area (Å²) < 4.78 is 24.1. The van der Waals surface area contributed by atoms with Gasteiger partial charge in [-0.3, -0.25) is 14.5 Å². The van der Waals surface area contributed by atoms with Crippen LogP contribution in [0.15, 0.2) is 102 Å². The Morgan fingerprint density at radius 3 is 2.29 bits per heavy atom. The van der Waals surface area contributed by atoms with Crippen LogP contribution in [0, 0.1) is 5.82 Å². The van der Waals surface area contributed by atoms with Gasteiger partial charge in [0.2, 0.25) is 5.91 Å². The number of nitrogens with one attached hydrogen (secondary N) is 2. The lowest BCUT2D eigenvalue weighted by Gasteiger charge is -2.24. The lowest BCUT2D eigenvalue weighted by molar-refractivity contribution is -0.126. The summed E-state index contributed by atoms with van der Waals surface area (Å²) in [6, 6.07) is 24.1. The average Bonchev–Trinajstić information content (AvgIpc) is 3.58. The van der Waals surface area contributed by atoms with Gasteiger partial charge in [0.25, 0.3) is 5.91 Å². The largest absolute Gasteiger partial charge is 0.459 e. The molecular formula is C29H24FN3O5. The summed E-state index contributed by atoms with van der Waals surface area (Å²) in [4.78, 5) is 40.0. The Labute approximate surface area is 218 Å². The van der Waals surface area contributed by atoms with Gasteiger partial charge in [-0.15, -0.1) is 0 Å². The van der Waals surface area contributed by atoms with Gasteiger partial charge in [0, 0.05) is 12.2 Å². The topological polar surface area (TPSA) is 101 Å². The maximum atomic E-state index is 13.4. The number of anilines is 1. The maximum Gasteiger partial charge on any atom is 0.411 e. The zero-order valence-electron chi connectivity index (χ0n) is 20.2. The van der Waals surface area contributed by atoms with E-state index in [0.29, 0.717) is 16.8 Å². The zero-order chi connectivity index (χ0) is 26.5. The third-order valence-corrected chi connectivity index (χ3v) is 6.17. The molecule has 1 aliphatic heterocycles. The summed E-state index contributed by atoms with van der Waals surface area (Å²) >= 11 is 0. The molecule has 0 bridgehead atoms. The van der Waals surface area contributed by atoms with E-state index in [1.54, 1.807) is 48.5 Å². The predicted octanol–water partition coefficient (Wildman–Crippen LogP) is 5.05. The smallest absolute Gasteiger partial charge is 0.411 e. The van der Waals surface area contributed by atoms with Crippen LogP contribution in [-0.2, 0) is 22.6 Å². The van der Waals surface area contributed by atoms with Crippen molar-refractivity contribution in [2.45, 2.75) is 25.2 Å². The maximum absolute atomic E-state index is 13.4. The molecule has 1 fully saturated rings. The van der Waals surface area contributed by atoms with Crippen molar-refractivity contribution < 1.29 is 27.9 Å². The Morgan fingerprint density at radius 2 is 1.61 bits per heavy atom. The number of cyclic esters (lactones) is 1. The summed E-state index contributed by atoms with van der Waals surface area (Å²) in [5.74, 6) is -1.00. The fourth-order valence-electron chi connectivity index (χ4n) is 4.24. The van der Waals surface area contributed by atoms with Crippen LogP contribution >= 0.6 is 0 Å². The van der Waals surface area contributed by atoms with Gasteiger partial charge in [-0.2, -0.15) is 0 Å². The highest BCUT2D eigenvalue weighted by Crippen LogP contribution is 2.34. The molecule has 1 aliphatic rings. The fourth-order valence-corrected chi connectivity index (χ4v) is 4.24. The number of hydrogen-bond acceptors (Lipinski definition) is 5. The molecule has 1 aromatic heterocycles. The first-order chi connectivity index (χ1) is 18.5. The van der Waals surface area contributed by atoms with Crippen LogP contribution in [0.25, 0.3) is 0 Å².